The predicted molar refractivity (Wildman–Crippen MR) is 79.0 cm³/mol. The van der Waals surface area contributed by atoms with Gasteiger partial charge in [0.25, 0.3) is 0 Å². The lowest BCUT2D eigenvalue weighted by molar-refractivity contribution is -0.127. The monoisotopic (exact) mass is 307 g/mol. The van der Waals surface area contributed by atoms with Gasteiger partial charge >= 0.3 is 0 Å². The molecule has 0 aromatic carbocycles. The Kier molecular flexibility index (Phi) is 10.4. The van der Waals surface area contributed by atoms with E-state index in [1.807, 2.05) is 13.8 Å². The highest BCUT2D eigenvalue weighted by Gasteiger charge is 2.19. The number of ether oxygens (including phenoxy) is 2. The Morgan fingerprint density at radius 2 is 1.80 bits per heavy atom. The second-order valence-corrected chi connectivity index (χ2v) is 5.19. The van der Waals surface area contributed by atoms with Crippen LogP contribution >= 0.6 is 12.6 Å². The molecule has 0 radical (unpaired) electrons. The zero-order valence-corrected chi connectivity index (χ0v) is 13.2. The van der Waals surface area contributed by atoms with Crippen LogP contribution in [0.3, 0.4) is 0 Å². The molecule has 7 nitrogen and oxygen atoms in total. The first-order valence-electron chi connectivity index (χ1n) is 6.63. The molecule has 118 valence electrons. The minimum atomic E-state index is -0.703. The van der Waals surface area contributed by atoms with Gasteiger partial charge in [-0.2, -0.15) is 0 Å². The standard InChI is InChI=1S/C12H25N3O4S/c1-4-18-9-14-15-11(17)7-6-10(16)13-8-12(3,20)19-5-2/h14,20H,4-9H2,1-3H3,(H,13,16)(H,15,17). The lowest BCUT2D eigenvalue weighted by atomic mass is 10.2. The third-order valence-electron chi connectivity index (χ3n) is 2.25. The van der Waals surface area contributed by atoms with Crippen LogP contribution in [0.2, 0.25) is 0 Å². The molecule has 20 heavy (non-hydrogen) atoms. The maximum absolute atomic E-state index is 11.5. The summed E-state index contributed by atoms with van der Waals surface area (Å²) >= 11 is 4.28. The Bertz CT molecular complexity index is 300. The van der Waals surface area contributed by atoms with Crippen LogP contribution in [-0.4, -0.2) is 43.2 Å². The van der Waals surface area contributed by atoms with E-state index in [0.29, 0.717) is 13.2 Å². The molecule has 0 fully saturated rings. The summed E-state index contributed by atoms with van der Waals surface area (Å²) in [6.45, 7) is 7.08. The second kappa shape index (κ2) is 10.9. The van der Waals surface area contributed by atoms with Crippen LogP contribution in [0.1, 0.15) is 33.6 Å². The molecule has 0 aromatic heterocycles. The first-order chi connectivity index (χ1) is 9.41. The molecule has 0 heterocycles. The molecule has 0 aliphatic carbocycles. The average molecular weight is 307 g/mol. The Hall–Kier alpha value is -0.830. The Labute approximate surface area is 125 Å². The molecule has 3 N–H and O–H groups in total. The molecule has 0 rings (SSSR count). The van der Waals surface area contributed by atoms with E-state index in [2.05, 4.69) is 28.8 Å². The SMILES string of the molecule is CCOCNNC(=O)CCC(=O)NCC(C)(S)OCC. The number of nitrogens with one attached hydrogen (secondary N) is 3. The lowest BCUT2D eigenvalue weighted by Crippen LogP contribution is -2.41. The molecule has 2 amide bonds. The van der Waals surface area contributed by atoms with Gasteiger partial charge in [-0.3, -0.25) is 15.0 Å². The first-order valence-corrected chi connectivity index (χ1v) is 7.08. The molecule has 0 aliphatic heterocycles. The first kappa shape index (κ1) is 19.2. The summed E-state index contributed by atoms with van der Waals surface area (Å²) in [6.07, 6.45) is 0.209. The predicted octanol–water partition coefficient (Wildman–Crippen LogP) is 0.180. The summed E-state index contributed by atoms with van der Waals surface area (Å²) in [5.74, 6) is -0.483. The molecule has 1 unspecified atom stereocenters. The highest BCUT2D eigenvalue weighted by molar-refractivity contribution is 7.81. The van der Waals surface area contributed by atoms with Crippen molar-refractivity contribution in [2.24, 2.45) is 0 Å². The lowest BCUT2D eigenvalue weighted by Gasteiger charge is -2.23. The van der Waals surface area contributed by atoms with Crippen molar-refractivity contribution >= 4 is 24.4 Å². The fraction of sp³-hybridized carbons (Fsp3) is 0.833. The molecule has 0 aromatic rings. The third kappa shape index (κ3) is 11.0. The van der Waals surface area contributed by atoms with E-state index < -0.39 is 4.93 Å². The largest absolute Gasteiger partial charge is 0.365 e. The van der Waals surface area contributed by atoms with Gasteiger partial charge in [-0.15, -0.1) is 12.6 Å². The van der Waals surface area contributed by atoms with Crippen LogP contribution in [0.4, 0.5) is 0 Å². The second-order valence-electron chi connectivity index (χ2n) is 4.25. The van der Waals surface area contributed by atoms with Crippen LogP contribution < -0.4 is 16.2 Å². The Morgan fingerprint density at radius 3 is 2.40 bits per heavy atom. The molecule has 0 spiro atoms. The number of hydrogen-bond acceptors (Lipinski definition) is 6. The minimum absolute atomic E-state index is 0.100. The number of hydrogen-bond donors (Lipinski definition) is 4. The van der Waals surface area contributed by atoms with Crippen LogP contribution in [0.15, 0.2) is 0 Å². The van der Waals surface area contributed by atoms with Gasteiger partial charge in [0, 0.05) is 26.1 Å². The molecule has 1 atom stereocenters. The van der Waals surface area contributed by atoms with Crippen molar-refractivity contribution in [1.29, 1.82) is 0 Å². The van der Waals surface area contributed by atoms with Gasteiger partial charge in [0.1, 0.15) is 11.7 Å². The van der Waals surface area contributed by atoms with Crippen LogP contribution in [0.5, 0.6) is 0 Å². The fourth-order valence-corrected chi connectivity index (χ4v) is 1.50. The van der Waals surface area contributed by atoms with Gasteiger partial charge in [-0.1, -0.05) is 0 Å². The Balaban J connectivity index is 3.69. The molecule has 0 saturated carbocycles. The van der Waals surface area contributed by atoms with Gasteiger partial charge in [0.15, 0.2) is 0 Å². The van der Waals surface area contributed by atoms with Gasteiger partial charge in [0.2, 0.25) is 11.8 Å². The van der Waals surface area contributed by atoms with Gasteiger partial charge in [0.05, 0.1) is 6.54 Å². The zero-order chi connectivity index (χ0) is 15.4. The van der Waals surface area contributed by atoms with E-state index in [4.69, 9.17) is 9.47 Å². The van der Waals surface area contributed by atoms with Crippen LogP contribution in [0, 0.1) is 0 Å². The van der Waals surface area contributed by atoms with Crippen LogP contribution in [0.25, 0.3) is 0 Å². The average Bonchev–Trinajstić information content (AvgIpc) is 2.39. The van der Waals surface area contributed by atoms with Gasteiger partial charge in [-0.25, -0.2) is 5.43 Å². The van der Waals surface area contributed by atoms with E-state index in [1.54, 1.807) is 6.92 Å². The number of thiol groups is 1. The van der Waals surface area contributed by atoms with E-state index in [1.165, 1.54) is 0 Å². The van der Waals surface area contributed by atoms with E-state index in [9.17, 15) is 9.59 Å². The number of rotatable bonds is 11. The summed E-state index contributed by atoms with van der Waals surface area (Å²) in [4.78, 5) is 22.2. The summed E-state index contributed by atoms with van der Waals surface area (Å²) in [6, 6.07) is 0. The maximum atomic E-state index is 11.5. The molecular weight excluding hydrogens is 282 g/mol. The summed E-state index contributed by atoms with van der Waals surface area (Å²) < 4.78 is 10.3. The molecule has 0 saturated heterocycles. The summed E-state index contributed by atoms with van der Waals surface area (Å²) in [5.41, 5.74) is 5.03. The van der Waals surface area contributed by atoms with Crippen molar-refractivity contribution in [1.82, 2.24) is 16.2 Å². The van der Waals surface area contributed by atoms with Crippen molar-refractivity contribution < 1.29 is 19.1 Å². The summed E-state index contributed by atoms with van der Waals surface area (Å²) in [7, 11) is 0. The topological polar surface area (TPSA) is 88.7 Å². The molecular formula is C12H25N3O4S. The highest BCUT2D eigenvalue weighted by Crippen LogP contribution is 2.13. The number of hydrazine groups is 1. The highest BCUT2D eigenvalue weighted by atomic mass is 32.1. The van der Waals surface area contributed by atoms with Crippen molar-refractivity contribution in [2.45, 2.75) is 38.5 Å². The zero-order valence-electron chi connectivity index (χ0n) is 12.3. The fourth-order valence-electron chi connectivity index (χ4n) is 1.29. The normalized spacial score (nSPS) is 13.6. The maximum Gasteiger partial charge on any atom is 0.234 e. The van der Waals surface area contributed by atoms with Crippen molar-refractivity contribution in [3.05, 3.63) is 0 Å². The van der Waals surface area contributed by atoms with Gasteiger partial charge < -0.3 is 14.8 Å². The van der Waals surface area contributed by atoms with Crippen molar-refractivity contribution in [2.75, 3.05) is 26.5 Å². The number of carbonyl (C=O) groups is 2. The van der Waals surface area contributed by atoms with Crippen molar-refractivity contribution in [3.63, 3.8) is 0 Å². The van der Waals surface area contributed by atoms with Crippen LogP contribution in [-0.2, 0) is 19.1 Å². The van der Waals surface area contributed by atoms with Gasteiger partial charge in [-0.05, 0) is 20.8 Å². The quantitative estimate of drug-likeness (QED) is 0.189. The summed E-state index contributed by atoms with van der Waals surface area (Å²) in [5, 5.41) is 2.67. The Morgan fingerprint density at radius 1 is 1.15 bits per heavy atom. The van der Waals surface area contributed by atoms with E-state index in [0.717, 1.165) is 0 Å². The van der Waals surface area contributed by atoms with Crippen molar-refractivity contribution in [3.8, 4) is 0 Å². The minimum Gasteiger partial charge on any atom is -0.365 e. The number of carbonyl (C=O) groups excluding carboxylic acids is 2. The number of amides is 2. The smallest absolute Gasteiger partial charge is 0.234 e. The van der Waals surface area contributed by atoms with E-state index >= 15 is 0 Å². The third-order valence-corrected chi connectivity index (χ3v) is 2.54. The molecule has 8 heteroatoms. The van der Waals surface area contributed by atoms with E-state index in [-0.39, 0.29) is 37.9 Å². The molecule has 0 aliphatic rings. The molecule has 0 bridgehead atoms.